The van der Waals surface area contributed by atoms with Gasteiger partial charge in [-0.25, -0.2) is 4.79 Å². The highest BCUT2D eigenvalue weighted by Crippen LogP contribution is 2.29. The maximum absolute atomic E-state index is 12.3. The van der Waals surface area contributed by atoms with Crippen LogP contribution in [0.3, 0.4) is 0 Å². The van der Waals surface area contributed by atoms with Crippen molar-refractivity contribution in [2.24, 2.45) is 0 Å². The summed E-state index contributed by atoms with van der Waals surface area (Å²) in [7, 11) is 0. The normalized spacial score (nSPS) is 11.6. The quantitative estimate of drug-likeness (QED) is 0.608. The number of benzene rings is 1. The van der Waals surface area contributed by atoms with E-state index >= 15 is 0 Å². The second-order valence-corrected chi connectivity index (χ2v) is 5.41. The van der Waals surface area contributed by atoms with Crippen molar-refractivity contribution in [1.29, 1.82) is 0 Å². The molecule has 0 N–H and O–H groups in total. The molecule has 2 nitrogen and oxygen atoms in total. The van der Waals surface area contributed by atoms with Crippen LogP contribution in [0.25, 0.3) is 0 Å². The number of hydrogen-bond acceptors (Lipinski definition) is 3. The molecule has 0 saturated heterocycles. The lowest BCUT2D eigenvalue weighted by Crippen LogP contribution is -2.24. The van der Waals surface area contributed by atoms with Gasteiger partial charge < -0.3 is 4.74 Å². The van der Waals surface area contributed by atoms with Crippen LogP contribution in [0.2, 0.25) is 0 Å². The Hall–Kier alpha value is -1.10. The van der Waals surface area contributed by atoms with Crippen molar-refractivity contribution in [3.8, 4) is 0 Å². The van der Waals surface area contributed by atoms with Gasteiger partial charge in [0.1, 0.15) is 5.60 Å². The first-order chi connectivity index (χ1) is 7.79. The highest BCUT2D eigenvalue weighted by molar-refractivity contribution is 7.99. The highest BCUT2D eigenvalue weighted by Gasteiger charge is 2.21. The fourth-order valence-electron chi connectivity index (χ4n) is 1.17. The molecule has 0 aromatic heterocycles. The summed E-state index contributed by atoms with van der Waals surface area (Å²) in [5.41, 5.74) is -0.465. The first kappa shape index (κ1) is 14.0. The minimum Gasteiger partial charge on any atom is -0.456 e. The van der Waals surface area contributed by atoms with Crippen molar-refractivity contribution in [1.82, 2.24) is 0 Å². The van der Waals surface area contributed by atoms with Crippen molar-refractivity contribution in [3.63, 3.8) is 0 Å². The van der Waals surface area contributed by atoms with Gasteiger partial charge in [-0.3, -0.25) is 0 Å². The third-order valence-electron chi connectivity index (χ3n) is 1.72. The van der Waals surface area contributed by atoms with Gasteiger partial charge in [0.2, 0.25) is 0 Å². The van der Waals surface area contributed by atoms with Crippen molar-refractivity contribution in [3.05, 3.63) is 29.8 Å². The van der Waals surface area contributed by atoms with Gasteiger partial charge >= 0.3 is 5.97 Å². The molecule has 0 radical (unpaired) electrons. The predicted octanol–water partition coefficient (Wildman–Crippen LogP) is 3.96. The molecule has 0 fully saturated rings. The molecule has 1 aromatic rings. The number of rotatable bonds is 3. The minimum atomic E-state index is -2.56. The molecular formula is C12H14F2O2S. The van der Waals surface area contributed by atoms with Crippen LogP contribution in [0.4, 0.5) is 8.78 Å². The average molecular weight is 260 g/mol. The molecule has 0 unspecified atom stereocenters. The summed E-state index contributed by atoms with van der Waals surface area (Å²) < 4.78 is 29.8. The number of carbonyl (C=O) groups excluding carboxylic acids is 1. The zero-order valence-corrected chi connectivity index (χ0v) is 10.7. The topological polar surface area (TPSA) is 26.3 Å². The molecule has 0 aliphatic carbocycles. The van der Waals surface area contributed by atoms with Crippen LogP contribution in [-0.4, -0.2) is 17.3 Å². The van der Waals surface area contributed by atoms with Gasteiger partial charge in [-0.2, -0.15) is 8.78 Å². The third-order valence-corrected chi connectivity index (χ3v) is 2.51. The predicted molar refractivity (Wildman–Crippen MR) is 63.5 cm³/mol. The van der Waals surface area contributed by atoms with Crippen LogP contribution >= 0.6 is 11.8 Å². The van der Waals surface area contributed by atoms with Crippen molar-refractivity contribution in [2.75, 3.05) is 0 Å². The number of hydrogen-bond donors (Lipinski definition) is 0. The standard InChI is InChI=1S/C12H14F2O2S/c1-12(2,3)16-10(15)8-6-4-5-7-9(8)17-11(13)14/h4-7,11H,1-3H3. The van der Waals surface area contributed by atoms with E-state index in [1.807, 2.05) is 0 Å². The summed E-state index contributed by atoms with van der Waals surface area (Å²) in [5.74, 6) is -3.14. The van der Waals surface area contributed by atoms with E-state index < -0.39 is 17.3 Å². The first-order valence-corrected chi connectivity index (χ1v) is 5.95. The van der Waals surface area contributed by atoms with Crippen LogP contribution in [0, 0.1) is 0 Å². The lowest BCUT2D eigenvalue weighted by atomic mass is 10.1. The van der Waals surface area contributed by atoms with E-state index in [4.69, 9.17) is 4.74 Å². The minimum absolute atomic E-state index is 0.174. The van der Waals surface area contributed by atoms with Crippen LogP contribution in [-0.2, 0) is 4.74 Å². The summed E-state index contributed by atoms with van der Waals surface area (Å²) in [5, 5.41) is 0. The van der Waals surface area contributed by atoms with Crippen LogP contribution in [0.15, 0.2) is 29.2 Å². The van der Waals surface area contributed by atoms with E-state index in [0.717, 1.165) is 0 Å². The second-order valence-electron chi connectivity index (χ2n) is 4.38. The summed E-state index contributed by atoms with van der Waals surface area (Å²) in [6.07, 6.45) is 0. The van der Waals surface area contributed by atoms with Gasteiger partial charge in [0.15, 0.2) is 0 Å². The van der Waals surface area contributed by atoms with Crippen molar-refractivity contribution < 1.29 is 18.3 Å². The number of thioether (sulfide) groups is 1. The zero-order valence-electron chi connectivity index (χ0n) is 9.87. The molecule has 1 aromatic carbocycles. The molecule has 17 heavy (non-hydrogen) atoms. The number of halogens is 2. The Bertz CT molecular complexity index is 400. The van der Waals surface area contributed by atoms with E-state index in [1.165, 1.54) is 12.1 Å². The Kier molecular flexibility index (Phi) is 4.51. The van der Waals surface area contributed by atoms with Gasteiger partial charge in [-0.05, 0) is 32.9 Å². The van der Waals surface area contributed by atoms with Crippen LogP contribution < -0.4 is 0 Å². The monoisotopic (exact) mass is 260 g/mol. The average Bonchev–Trinajstić information content (AvgIpc) is 2.14. The van der Waals surface area contributed by atoms with E-state index in [0.29, 0.717) is 11.8 Å². The Balaban J connectivity index is 2.93. The van der Waals surface area contributed by atoms with E-state index in [1.54, 1.807) is 32.9 Å². The van der Waals surface area contributed by atoms with Gasteiger partial charge in [0, 0.05) is 4.90 Å². The number of esters is 1. The molecule has 0 heterocycles. The third kappa shape index (κ3) is 4.73. The van der Waals surface area contributed by atoms with Gasteiger partial charge in [0.25, 0.3) is 5.76 Å². The zero-order chi connectivity index (χ0) is 13.1. The molecule has 5 heteroatoms. The summed E-state index contributed by atoms with van der Waals surface area (Å²) in [6, 6.07) is 6.20. The molecule has 0 saturated carbocycles. The summed E-state index contributed by atoms with van der Waals surface area (Å²) >= 11 is 0.345. The Labute approximate surface area is 103 Å². The lowest BCUT2D eigenvalue weighted by Gasteiger charge is -2.20. The second kappa shape index (κ2) is 5.49. The summed E-state index contributed by atoms with van der Waals surface area (Å²) in [6.45, 7) is 5.19. The highest BCUT2D eigenvalue weighted by atomic mass is 32.2. The van der Waals surface area contributed by atoms with E-state index in [-0.39, 0.29) is 10.5 Å². The molecule has 0 aliphatic heterocycles. The Morgan fingerprint density at radius 2 is 1.88 bits per heavy atom. The van der Waals surface area contributed by atoms with E-state index in [2.05, 4.69) is 0 Å². The SMILES string of the molecule is CC(C)(C)OC(=O)c1ccccc1SC(F)F. The molecule has 94 valence electrons. The van der Waals surface area contributed by atoms with Crippen molar-refractivity contribution in [2.45, 2.75) is 37.0 Å². The Morgan fingerprint density at radius 3 is 2.41 bits per heavy atom. The maximum Gasteiger partial charge on any atom is 0.339 e. The fraction of sp³-hybridized carbons (Fsp3) is 0.417. The van der Waals surface area contributed by atoms with Gasteiger partial charge in [-0.15, -0.1) is 0 Å². The lowest BCUT2D eigenvalue weighted by molar-refractivity contribution is 0.00656. The number of ether oxygens (including phenoxy) is 1. The fourth-order valence-corrected chi connectivity index (χ4v) is 1.79. The largest absolute Gasteiger partial charge is 0.456 e. The number of alkyl halides is 2. The molecular weight excluding hydrogens is 246 g/mol. The number of carbonyl (C=O) groups is 1. The molecule has 0 amide bonds. The molecule has 0 aliphatic rings. The summed E-state index contributed by atoms with van der Waals surface area (Å²) in [4.78, 5) is 12.0. The first-order valence-electron chi connectivity index (χ1n) is 5.07. The van der Waals surface area contributed by atoms with Crippen molar-refractivity contribution >= 4 is 17.7 Å². The Morgan fingerprint density at radius 1 is 1.29 bits per heavy atom. The van der Waals surface area contributed by atoms with Crippen LogP contribution in [0.1, 0.15) is 31.1 Å². The molecule has 0 bridgehead atoms. The maximum atomic E-state index is 12.3. The molecule has 1 rings (SSSR count). The van der Waals surface area contributed by atoms with Gasteiger partial charge in [-0.1, -0.05) is 23.9 Å². The molecule has 0 atom stereocenters. The smallest absolute Gasteiger partial charge is 0.339 e. The van der Waals surface area contributed by atoms with Gasteiger partial charge in [0.05, 0.1) is 5.56 Å². The van der Waals surface area contributed by atoms with E-state index in [9.17, 15) is 13.6 Å². The van der Waals surface area contributed by atoms with Crippen LogP contribution in [0.5, 0.6) is 0 Å². The molecule has 0 spiro atoms.